The lowest BCUT2D eigenvalue weighted by molar-refractivity contribution is 0.615. The Morgan fingerprint density at radius 2 is 1.52 bits per heavy atom. The molecule has 0 saturated carbocycles. The van der Waals surface area contributed by atoms with Gasteiger partial charge in [-0.05, 0) is 41.8 Å². The maximum absolute atomic E-state index is 13.6. The fourth-order valence-electron chi connectivity index (χ4n) is 4.02. The molecule has 0 amide bonds. The van der Waals surface area contributed by atoms with Crippen LogP contribution in [0.25, 0.3) is 16.9 Å². The average molecular weight is 457 g/mol. The maximum atomic E-state index is 13.6. The summed E-state index contributed by atoms with van der Waals surface area (Å²) < 4.78 is 4.59. The number of imidazole rings is 1. The molecule has 0 aliphatic carbocycles. The first-order valence-electron chi connectivity index (χ1n) is 10.7. The van der Waals surface area contributed by atoms with E-state index >= 15 is 0 Å². The number of hydrogen-bond acceptors (Lipinski definition) is 3. The van der Waals surface area contributed by atoms with Crippen molar-refractivity contribution in [3.8, 4) is 5.69 Å². The molecule has 164 valence electrons. The molecular weight excluding hydrogens is 436 g/mol. The first-order chi connectivity index (χ1) is 16.1. The fraction of sp³-hybridized carbons (Fsp3) is 0.115. The van der Waals surface area contributed by atoms with Gasteiger partial charge in [-0.1, -0.05) is 72.3 Å². The van der Waals surface area contributed by atoms with Crippen molar-refractivity contribution in [3.63, 3.8) is 0 Å². The zero-order valence-corrected chi connectivity index (χ0v) is 18.5. The molecule has 2 aromatic heterocycles. The van der Waals surface area contributed by atoms with Gasteiger partial charge < -0.3 is 4.57 Å². The third-order valence-corrected chi connectivity index (χ3v) is 5.86. The summed E-state index contributed by atoms with van der Waals surface area (Å²) in [4.78, 5) is 31.5. The molecule has 0 aliphatic rings. The Morgan fingerprint density at radius 1 is 0.818 bits per heavy atom. The summed E-state index contributed by atoms with van der Waals surface area (Å²) in [6.07, 6.45) is 2.17. The molecule has 7 heteroatoms. The quantitative estimate of drug-likeness (QED) is 0.383. The molecule has 0 fully saturated rings. The highest BCUT2D eigenvalue weighted by Gasteiger charge is 2.19. The van der Waals surface area contributed by atoms with Gasteiger partial charge >= 0.3 is 5.69 Å². The van der Waals surface area contributed by atoms with Gasteiger partial charge in [0.05, 0.1) is 12.0 Å². The molecule has 5 rings (SSSR count). The average Bonchev–Trinajstić information content (AvgIpc) is 3.23. The van der Waals surface area contributed by atoms with Crippen LogP contribution >= 0.6 is 11.6 Å². The van der Waals surface area contributed by atoms with Crippen LogP contribution in [0.1, 0.15) is 11.1 Å². The predicted octanol–water partition coefficient (Wildman–Crippen LogP) is 4.29. The van der Waals surface area contributed by atoms with Crippen molar-refractivity contribution in [1.82, 2.24) is 18.7 Å². The van der Waals surface area contributed by atoms with E-state index in [1.165, 1.54) is 9.13 Å². The van der Waals surface area contributed by atoms with Gasteiger partial charge in [-0.15, -0.1) is 0 Å². The van der Waals surface area contributed by atoms with E-state index in [9.17, 15) is 9.59 Å². The molecule has 0 spiro atoms. The summed E-state index contributed by atoms with van der Waals surface area (Å²) in [5, 5.41) is 0.624. The Balaban J connectivity index is 1.68. The topological polar surface area (TPSA) is 61.8 Å². The summed E-state index contributed by atoms with van der Waals surface area (Å²) in [6.45, 7) is 0.685. The first-order valence-corrected chi connectivity index (χ1v) is 11.0. The van der Waals surface area contributed by atoms with E-state index in [4.69, 9.17) is 11.6 Å². The summed E-state index contributed by atoms with van der Waals surface area (Å²) >= 11 is 6.15. The second-order valence-electron chi connectivity index (χ2n) is 7.82. The lowest BCUT2D eigenvalue weighted by Gasteiger charge is -2.13. The number of halogens is 1. The Labute approximate surface area is 195 Å². The molecule has 5 aromatic rings. The highest BCUT2D eigenvalue weighted by Crippen LogP contribution is 2.16. The number of benzene rings is 3. The first kappa shape index (κ1) is 21.0. The van der Waals surface area contributed by atoms with Gasteiger partial charge in [0.1, 0.15) is 0 Å². The van der Waals surface area contributed by atoms with E-state index < -0.39 is 5.69 Å². The lowest BCUT2D eigenvalue weighted by atomic mass is 10.1. The van der Waals surface area contributed by atoms with E-state index in [1.807, 2.05) is 78.9 Å². The minimum Gasteiger partial charge on any atom is -0.320 e. The second-order valence-corrected chi connectivity index (χ2v) is 8.26. The van der Waals surface area contributed by atoms with Crippen LogP contribution in [-0.2, 0) is 19.5 Å². The standard InChI is InChI=1S/C26H21ClN4O2/c27-21-11-7-10-20(16-21)17-29-18-28-24-23(29)25(32)30(15-14-19-8-3-1-4-9-19)26(33)31(24)22-12-5-2-6-13-22/h1-13,16,18H,14-15,17H2. The molecule has 6 nitrogen and oxygen atoms in total. The van der Waals surface area contributed by atoms with Crippen molar-refractivity contribution in [2.75, 3.05) is 0 Å². The van der Waals surface area contributed by atoms with E-state index in [0.29, 0.717) is 34.8 Å². The molecular formula is C26H21ClN4O2. The smallest absolute Gasteiger partial charge is 0.320 e. The summed E-state index contributed by atoms with van der Waals surface area (Å²) in [5.74, 6) is 0. The largest absolute Gasteiger partial charge is 0.337 e. The van der Waals surface area contributed by atoms with Gasteiger partial charge in [0, 0.05) is 18.1 Å². The van der Waals surface area contributed by atoms with Crippen molar-refractivity contribution in [1.29, 1.82) is 0 Å². The Hall–Kier alpha value is -3.90. The van der Waals surface area contributed by atoms with Gasteiger partial charge in [-0.2, -0.15) is 0 Å². The molecule has 0 aliphatic heterocycles. The van der Waals surface area contributed by atoms with Crippen LogP contribution in [0.15, 0.2) is 101 Å². The lowest BCUT2D eigenvalue weighted by Crippen LogP contribution is -2.40. The van der Waals surface area contributed by atoms with Crippen LogP contribution in [0.5, 0.6) is 0 Å². The maximum Gasteiger partial charge on any atom is 0.337 e. The van der Waals surface area contributed by atoms with Crippen molar-refractivity contribution < 1.29 is 0 Å². The summed E-state index contributed by atoms with van der Waals surface area (Å²) in [5.41, 5.74) is 2.63. The van der Waals surface area contributed by atoms with Crippen LogP contribution in [0.4, 0.5) is 0 Å². The van der Waals surface area contributed by atoms with E-state index in [2.05, 4.69) is 4.98 Å². The van der Waals surface area contributed by atoms with Crippen LogP contribution in [-0.4, -0.2) is 18.7 Å². The molecule has 0 bridgehead atoms. The third kappa shape index (κ3) is 4.13. The van der Waals surface area contributed by atoms with Gasteiger partial charge in [-0.3, -0.25) is 9.36 Å². The molecule has 0 unspecified atom stereocenters. The minimum absolute atomic E-state index is 0.271. The molecule has 0 saturated heterocycles. The number of rotatable bonds is 6. The third-order valence-electron chi connectivity index (χ3n) is 5.62. The van der Waals surface area contributed by atoms with E-state index in [0.717, 1.165) is 11.1 Å². The number of para-hydroxylation sites is 1. The van der Waals surface area contributed by atoms with Crippen LogP contribution in [0.3, 0.4) is 0 Å². The molecule has 33 heavy (non-hydrogen) atoms. The molecule has 0 N–H and O–H groups in total. The molecule has 0 atom stereocenters. The van der Waals surface area contributed by atoms with Gasteiger partial charge in [0.15, 0.2) is 11.2 Å². The van der Waals surface area contributed by atoms with Crippen molar-refractivity contribution in [2.24, 2.45) is 0 Å². The number of nitrogens with zero attached hydrogens (tertiary/aromatic N) is 4. The van der Waals surface area contributed by atoms with Gasteiger partial charge in [-0.25, -0.2) is 14.3 Å². The van der Waals surface area contributed by atoms with Crippen molar-refractivity contribution >= 4 is 22.8 Å². The number of aromatic nitrogens is 4. The molecule has 2 heterocycles. The Bertz CT molecular complexity index is 1540. The summed E-state index contributed by atoms with van der Waals surface area (Å²) in [6, 6.07) is 26.6. The number of aryl methyl sites for hydroxylation is 1. The Kier molecular flexibility index (Phi) is 5.67. The second kappa shape index (κ2) is 8.92. The van der Waals surface area contributed by atoms with Crippen molar-refractivity contribution in [3.05, 3.63) is 128 Å². The van der Waals surface area contributed by atoms with E-state index in [1.54, 1.807) is 17.0 Å². The van der Waals surface area contributed by atoms with Crippen LogP contribution < -0.4 is 11.2 Å². The molecule has 0 radical (unpaired) electrons. The minimum atomic E-state index is -0.400. The SMILES string of the molecule is O=c1c2c(ncn2Cc2cccc(Cl)c2)n(-c2ccccc2)c(=O)n1CCc1ccccc1. The Morgan fingerprint density at radius 3 is 2.24 bits per heavy atom. The predicted molar refractivity (Wildman–Crippen MR) is 130 cm³/mol. The highest BCUT2D eigenvalue weighted by molar-refractivity contribution is 6.30. The number of hydrogen-bond donors (Lipinski definition) is 0. The highest BCUT2D eigenvalue weighted by atomic mass is 35.5. The van der Waals surface area contributed by atoms with E-state index in [-0.39, 0.29) is 12.1 Å². The fourth-order valence-corrected chi connectivity index (χ4v) is 4.24. The normalized spacial score (nSPS) is 11.2. The zero-order chi connectivity index (χ0) is 22.8. The van der Waals surface area contributed by atoms with Crippen LogP contribution in [0, 0.1) is 0 Å². The van der Waals surface area contributed by atoms with Gasteiger partial charge in [0.2, 0.25) is 0 Å². The zero-order valence-electron chi connectivity index (χ0n) is 17.8. The van der Waals surface area contributed by atoms with Crippen LogP contribution in [0.2, 0.25) is 5.02 Å². The number of fused-ring (bicyclic) bond motifs is 1. The monoisotopic (exact) mass is 456 g/mol. The van der Waals surface area contributed by atoms with Crippen molar-refractivity contribution in [2.45, 2.75) is 19.5 Å². The molecule has 3 aromatic carbocycles. The van der Waals surface area contributed by atoms with Gasteiger partial charge in [0.25, 0.3) is 5.56 Å². The summed E-state index contributed by atoms with van der Waals surface area (Å²) in [7, 11) is 0.